The van der Waals surface area contributed by atoms with Crippen LogP contribution in [0.25, 0.3) is 11.1 Å². The second kappa shape index (κ2) is 11.8. The minimum atomic E-state index is -3.79. The number of aryl methyl sites for hydroxylation is 1. The molecule has 0 spiro atoms. The van der Waals surface area contributed by atoms with Crippen LogP contribution in [0.5, 0.6) is 5.75 Å². The second-order valence-corrected chi connectivity index (χ2v) is 10.5. The lowest BCUT2D eigenvalue weighted by molar-refractivity contribution is 0.0948. The summed E-state index contributed by atoms with van der Waals surface area (Å²) in [6.07, 6.45) is 2.93. The van der Waals surface area contributed by atoms with Gasteiger partial charge in [-0.15, -0.1) is 0 Å². The van der Waals surface area contributed by atoms with Gasteiger partial charge in [0.2, 0.25) is 0 Å². The lowest BCUT2D eigenvalue weighted by Gasteiger charge is -2.13. The average Bonchev–Trinajstić information content (AvgIpc) is 2.91. The Balaban J connectivity index is 1.45. The third kappa shape index (κ3) is 6.59. The Hall–Kier alpha value is -4.04. The summed E-state index contributed by atoms with van der Waals surface area (Å²) in [5.74, 6) is -0.680. The zero-order valence-electron chi connectivity index (χ0n) is 20.4. The highest BCUT2D eigenvalue weighted by molar-refractivity contribution is 7.90. The number of rotatable bonds is 10. The molecule has 1 aromatic heterocycles. The van der Waals surface area contributed by atoms with Crippen LogP contribution < -0.4 is 10.1 Å². The van der Waals surface area contributed by atoms with Gasteiger partial charge in [0.25, 0.3) is 5.91 Å². The first-order valence-electron chi connectivity index (χ1n) is 11.8. The number of ether oxygens (including phenoxy) is 1. The highest BCUT2D eigenvalue weighted by atomic mass is 32.2. The number of carbonyl (C=O) groups excluding carboxylic acids is 1. The van der Waals surface area contributed by atoms with Crippen molar-refractivity contribution in [3.05, 3.63) is 114 Å². The number of carbonyl (C=O) groups is 1. The molecule has 1 N–H and O–H groups in total. The Morgan fingerprint density at radius 2 is 1.73 bits per heavy atom. The number of benzene rings is 3. The molecule has 0 aliphatic carbocycles. The Labute approximate surface area is 216 Å². The molecule has 0 radical (unpaired) electrons. The van der Waals surface area contributed by atoms with E-state index in [1.807, 2.05) is 18.2 Å². The maximum atomic E-state index is 14.3. The summed E-state index contributed by atoms with van der Waals surface area (Å²) in [6.45, 7) is 0.470. The van der Waals surface area contributed by atoms with Crippen LogP contribution in [0.1, 0.15) is 28.0 Å². The number of methoxy groups -OCH3 is 1. The van der Waals surface area contributed by atoms with Crippen LogP contribution >= 0.6 is 0 Å². The summed E-state index contributed by atoms with van der Waals surface area (Å²) in [6, 6.07) is 23.4. The number of nitrogens with one attached hydrogen (secondary N) is 1. The molecular weight excluding hydrogens is 491 g/mol. The van der Waals surface area contributed by atoms with Gasteiger partial charge < -0.3 is 10.1 Å². The number of sulfone groups is 1. The van der Waals surface area contributed by atoms with E-state index in [4.69, 9.17) is 4.74 Å². The molecule has 3 aromatic carbocycles. The van der Waals surface area contributed by atoms with Gasteiger partial charge in [-0.2, -0.15) is 0 Å². The summed E-state index contributed by atoms with van der Waals surface area (Å²) in [5, 5.41) is 2.84. The largest absolute Gasteiger partial charge is 0.495 e. The lowest BCUT2D eigenvalue weighted by atomic mass is 10.1. The monoisotopic (exact) mass is 518 g/mol. The summed E-state index contributed by atoms with van der Waals surface area (Å²) < 4.78 is 46.5. The molecule has 1 heterocycles. The second-order valence-electron chi connectivity index (χ2n) is 8.50. The van der Waals surface area contributed by atoms with Gasteiger partial charge in [-0.25, -0.2) is 12.8 Å². The zero-order valence-corrected chi connectivity index (χ0v) is 21.2. The topological polar surface area (TPSA) is 85.4 Å². The Bertz CT molecular complexity index is 1490. The van der Waals surface area contributed by atoms with E-state index in [2.05, 4.69) is 10.3 Å². The maximum Gasteiger partial charge on any atom is 0.269 e. The third-order valence-electron chi connectivity index (χ3n) is 5.86. The van der Waals surface area contributed by atoms with Crippen LogP contribution in [0.2, 0.25) is 0 Å². The van der Waals surface area contributed by atoms with Crippen LogP contribution in [0, 0.1) is 5.82 Å². The maximum absolute atomic E-state index is 14.3. The highest BCUT2D eigenvalue weighted by Gasteiger charge is 2.22. The minimum Gasteiger partial charge on any atom is -0.495 e. The van der Waals surface area contributed by atoms with Crippen molar-refractivity contribution in [3.63, 3.8) is 0 Å². The van der Waals surface area contributed by atoms with Crippen LogP contribution in [0.3, 0.4) is 0 Å². The van der Waals surface area contributed by atoms with E-state index in [1.165, 1.54) is 19.2 Å². The molecule has 0 aliphatic heterocycles. The molecule has 0 unspecified atom stereocenters. The predicted molar refractivity (Wildman–Crippen MR) is 141 cm³/mol. The van der Waals surface area contributed by atoms with E-state index >= 15 is 0 Å². The zero-order chi connectivity index (χ0) is 26.3. The first kappa shape index (κ1) is 26.0. The lowest BCUT2D eigenvalue weighted by Crippen LogP contribution is -2.25. The normalized spacial score (nSPS) is 11.2. The fourth-order valence-electron chi connectivity index (χ4n) is 4.04. The van der Waals surface area contributed by atoms with Crippen LogP contribution in [0.4, 0.5) is 4.39 Å². The number of halogens is 1. The van der Waals surface area contributed by atoms with Gasteiger partial charge in [0.1, 0.15) is 22.2 Å². The fourth-order valence-corrected chi connectivity index (χ4v) is 5.58. The average molecular weight is 519 g/mol. The van der Waals surface area contributed by atoms with Crippen molar-refractivity contribution in [2.45, 2.75) is 23.5 Å². The van der Waals surface area contributed by atoms with E-state index in [9.17, 15) is 17.6 Å². The first-order chi connectivity index (χ1) is 17.9. The first-order valence-corrected chi connectivity index (χ1v) is 13.5. The van der Waals surface area contributed by atoms with Gasteiger partial charge >= 0.3 is 0 Å². The molecule has 0 bridgehead atoms. The van der Waals surface area contributed by atoms with E-state index in [-0.39, 0.29) is 22.3 Å². The SMILES string of the molecule is COc1ccc(-c2ccccc2F)cc1S(=O)(=O)Cc1cccc(CCCNC(=O)c2ccccn2)c1. The van der Waals surface area contributed by atoms with E-state index in [0.29, 0.717) is 41.8 Å². The van der Waals surface area contributed by atoms with Gasteiger partial charge in [-0.3, -0.25) is 9.78 Å². The summed E-state index contributed by atoms with van der Waals surface area (Å²) in [5.41, 5.74) is 2.74. The van der Waals surface area contributed by atoms with Crippen molar-refractivity contribution >= 4 is 15.7 Å². The molecule has 0 saturated carbocycles. The van der Waals surface area contributed by atoms with Crippen molar-refractivity contribution in [2.24, 2.45) is 0 Å². The number of amides is 1. The van der Waals surface area contributed by atoms with Gasteiger partial charge in [0.15, 0.2) is 9.84 Å². The van der Waals surface area contributed by atoms with Crippen LogP contribution in [-0.4, -0.2) is 33.0 Å². The number of nitrogens with zero attached hydrogens (tertiary/aromatic N) is 1. The molecule has 0 atom stereocenters. The standard InChI is InChI=1S/C29H27FN2O4S/c1-36-27-15-14-23(24-11-2-3-12-25(24)30)19-28(27)37(34,35)20-22-9-6-8-21(18-22)10-7-17-32-29(33)26-13-4-5-16-31-26/h2-6,8-9,11-16,18-19H,7,10,17,20H2,1H3,(H,32,33). The molecule has 0 fully saturated rings. The smallest absolute Gasteiger partial charge is 0.269 e. The van der Waals surface area contributed by atoms with Crippen molar-refractivity contribution in [1.82, 2.24) is 10.3 Å². The van der Waals surface area contributed by atoms with Gasteiger partial charge in [-0.1, -0.05) is 54.6 Å². The molecule has 6 nitrogen and oxygen atoms in total. The number of hydrogen-bond acceptors (Lipinski definition) is 5. The number of pyridine rings is 1. The van der Waals surface area contributed by atoms with Gasteiger partial charge in [0, 0.05) is 18.3 Å². The molecule has 1 amide bonds. The molecule has 8 heteroatoms. The molecule has 190 valence electrons. The fraction of sp³-hybridized carbons (Fsp3) is 0.172. The van der Waals surface area contributed by atoms with Crippen LogP contribution in [0.15, 0.2) is 96.0 Å². The summed E-state index contributed by atoms with van der Waals surface area (Å²) >= 11 is 0. The molecule has 37 heavy (non-hydrogen) atoms. The quantitative estimate of drug-likeness (QED) is 0.291. The van der Waals surface area contributed by atoms with Crippen molar-refractivity contribution in [3.8, 4) is 16.9 Å². The third-order valence-corrected chi connectivity index (χ3v) is 7.56. The summed E-state index contributed by atoms with van der Waals surface area (Å²) in [7, 11) is -2.39. The molecule has 0 aliphatic rings. The van der Waals surface area contributed by atoms with Crippen molar-refractivity contribution in [2.75, 3.05) is 13.7 Å². The Morgan fingerprint density at radius 3 is 2.49 bits per heavy atom. The van der Waals surface area contributed by atoms with Gasteiger partial charge in [-0.05, 0) is 59.9 Å². The summed E-state index contributed by atoms with van der Waals surface area (Å²) in [4.78, 5) is 16.2. The number of hydrogen-bond donors (Lipinski definition) is 1. The van der Waals surface area contributed by atoms with Crippen LogP contribution in [-0.2, 0) is 22.0 Å². The predicted octanol–water partition coefficient (Wildman–Crippen LogP) is 5.23. The molecule has 4 rings (SSSR count). The van der Waals surface area contributed by atoms with Gasteiger partial charge in [0.05, 0.1) is 12.9 Å². The number of aromatic nitrogens is 1. The molecule has 4 aromatic rings. The molecule has 0 saturated heterocycles. The van der Waals surface area contributed by atoms with Crippen molar-refractivity contribution < 1.29 is 22.3 Å². The highest BCUT2D eigenvalue weighted by Crippen LogP contribution is 2.33. The Morgan fingerprint density at radius 1 is 0.946 bits per heavy atom. The van der Waals surface area contributed by atoms with E-state index in [1.54, 1.807) is 60.8 Å². The molecular formula is C29H27FN2O4S. The van der Waals surface area contributed by atoms with Crippen molar-refractivity contribution in [1.29, 1.82) is 0 Å². The van der Waals surface area contributed by atoms with E-state index < -0.39 is 15.7 Å². The van der Waals surface area contributed by atoms with E-state index in [0.717, 1.165) is 5.56 Å². The minimum absolute atomic E-state index is 0.0124. The Kier molecular flexibility index (Phi) is 8.30.